The molecule has 5 heteroatoms. The van der Waals surface area contributed by atoms with Crippen LogP contribution in [0.3, 0.4) is 0 Å². The first-order valence-electron chi connectivity index (χ1n) is 5.31. The lowest BCUT2D eigenvalue weighted by Crippen LogP contribution is -2.16. The van der Waals surface area contributed by atoms with Crippen molar-refractivity contribution in [2.24, 2.45) is 0 Å². The number of aryl methyl sites for hydroxylation is 2. The van der Waals surface area contributed by atoms with E-state index in [1.807, 2.05) is 26.0 Å². The van der Waals surface area contributed by atoms with E-state index >= 15 is 0 Å². The van der Waals surface area contributed by atoms with Gasteiger partial charge in [-0.1, -0.05) is 40.9 Å². The molecule has 0 aliphatic carbocycles. The lowest BCUT2D eigenvalue weighted by atomic mass is 10.1. The van der Waals surface area contributed by atoms with Crippen LogP contribution in [0.25, 0.3) is 0 Å². The molecule has 0 radical (unpaired) electrons. The smallest absolute Gasteiger partial charge is 0.232 e. The van der Waals surface area contributed by atoms with E-state index in [1.165, 1.54) is 0 Å². The Morgan fingerprint density at radius 2 is 1.94 bits per heavy atom. The standard InChI is InChI=1S/C13H13Cl2NO2/c1-8-3-4-11(9(2)5-8)16-13(18)7-10(17)6-12(14)15/h3-6H,7H2,1-2H3,(H,16,18). The van der Waals surface area contributed by atoms with Crippen LogP contribution in [0.1, 0.15) is 17.5 Å². The molecule has 0 atom stereocenters. The topological polar surface area (TPSA) is 46.2 Å². The van der Waals surface area contributed by atoms with Gasteiger partial charge in [0.2, 0.25) is 5.91 Å². The first kappa shape index (κ1) is 14.7. The summed E-state index contributed by atoms with van der Waals surface area (Å²) in [5.74, 6) is -0.824. The number of halogens is 2. The van der Waals surface area contributed by atoms with Gasteiger partial charge in [0.05, 0.1) is 6.42 Å². The third-order valence-electron chi connectivity index (χ3n) is 2.26. The lowest BCUT2D eigenvalue weighted by molar-refractivity contribution is -0.122. The van der Waals surface area contributed by atoms with Gasteiger partial charge in [-0.25, -0.2) is 0 Å². The van der Waals surface area contributed by atoms with Crippen molar-refractivity contribution >= 4 is 40.6 Å². The summed E-state index contributed by atoms with van der Waals surface area (Å²) in [7, 11) is 0. The van der Waals surface area contributed by atoms with Crippen molar-refractivity contribution in [3.8, 4) is 0 Å². The fourth-order valence-electron chi connectivity index (χ4n) is 1.48. The number of allylic oxidation sites excluding steroid dienone is 1. The number of anilines is 1. The SMILES string of the molecule is Cc1ccc(NC(=O)CC(=O)C=C(Cl)Cl)c(C)c1. The van der Waals surface area contributed by atoms with E-state index in [9.17, 15) is 9.59 Å². The van der Waals surface area contributed by atoms with E-state index in [-0.39, 0.29) is 10.9 Å². The van der Waals surface area contributed by atoms with Gasteiger partial charge in [0.15, 0.2) is 5.78 Å². The second-order valence-corrected chi connectivity index (χ2v) is 4.95. The molecular weight excluding hydrogens is 273 g/mol. The summed E-state index contributed by atoms with van der Waals surface area (Å²) in [6.45, 7) is 3.86. The van der Waals surface area contributed by atoms with E-state index in [4.69, 9.17) is 23.2 Å². The van der Waals surface area contributed by atoms with Crippen molar-refractivity contribution in [1.29, 1.82) is 0 Å². The quantitative estimate of drug-likeness (QED) is 0.680. The van der Waals surface area contributed by atoms with Crippen LogP contribution >= 0.6 is 23.2 Å². The maximum atomic E-state index is 11.6. The van der Waals surface area contributed by atoms with Crippen molar-refractivity contribution in [2.45, 2.75) is 20.3 Å². The number of amides is 1. The Labute approximate surface area is 116 Å². The maximum Gasteiger partial charge on any atom is 0.232 e. The number of carbonyl (C=O) groups is 2. The lowest BCUT2D eigenvalue weighted by Gasteiger charge is -2.08. The molecule has 0 aliphatic rings. The van der Waals surface area contributed by atoms with Crippen molar-refractivity contribution in [2.75, 3.05) is 5.32 Å². The van der Waals surface area contributed by atoms with Crippen LogP contribution in [0.4, 0.5) is 5.69 Å². The number of carbonyl (C=O) groups excluding carboxylic acids is 2. The molecule has 0 aliphatic heterocycles. The second-order valence-electron chi connectivity index (χ2n) is 3.94. The predicted molar refractivity (Wildman–Crippen MR) is 74.0 cm³/mol. The summed E-state index contributed by atoms with van der Waals surface area (Å²) in [6, 6.07) is 5.64. The third-order valence-corrected chi connectivity index (χ3v) is 2.48. The zero-order chi connectivity index (χ0) is 13.7. The van der Waals surface area contributed by atoms with Crippen LogP contribution < -0.4 is 5.32 Å². The van der Waals surface area contributed by atoms with Gasteiger partial charge in [-0.15, -0.1) is 0 Å². The highest BCUT2D eigenvalue weighted by Gasteiger charge is 2.09. The Hall–Kier alpha value is -1.32. The zero-order valence-electron chi connectivity index (χ0n) is 10.1. The molecule has 18 heavy (non-hydrogen) atoms. The minimum atomic E-state index is -0.433. The molecule has 96 valence electrons. The van der Waals surface area contributed by atoms with Crippen molar-refractivity contribution in [3.05, 3.63) is 39.9 Å². The summed E-state index contributed by atoms with van der Waals surface area (Å²) in [4.78, 5) is 22.9. The van der Waals surface area contributed by atoms with E-state index in [0.29, 0.717) is 5.69 Å². The summed E-state index contributed by atoms with van der Waals surface area (Å²) >= 11 is 10.7. The molecule has 0 bridgehead atoms. The molecule has 1 amide bonds. The Bertz CT molecular complexity index is 506. The first-order chi connectivity index (χ1) is 8.38. The van der Waals surface area contributed by atoms with E-state index in [1.54, 1.807) is 6.07 Å². The van der Waals surface area contributed by atoms with Gasteiger partial charge in [0.1, 0.15) is 4.49 Å². The number of rotatable bonds is 4. The second kappa shape index (κ2) is 6.57. The van der Waals surface area contributed by atoms with Crippen molar-refractivity contribution in [1.82, 2.24) is 0 Å². The Morgan fingerprint density at radius 3 is 2.50 bits per heavy atom. The fourth-order valence-corrected chi connectivity index (χ4v) is 1.72. The van der Waals surface area contributed by atoms with E-state index in [0.717, 1.165) is 17.2 Å². The highest BCUT2D eigenvalue weighted by atomic mass is 35.5. The minimum Gasteiger partial charge on any atom is -0.325 e. The van der Waals surface area contributed by atoms with Crippen LogP contribution in [0, 0.1) is 13.8 Å². The molecule has 1 aromatic carbocycles. The van der Waals surface area contributed by atoms with Crippen LogP contribution in [0.15, 0.2) is 28.8 Å². The molecule has 1 aromatic rings. The number of nitrogens with one attached hydrogen (secondary N) is 1. The van der Waals surface area contributed by atoms with Crippen LogP contribution in [0.2, 0.25) is 0 Å². The van der Waals surface area contributed by atoms with Crippen molar-refractivity contribution in [3.63, 3.8) is 0 Å². The number of benzene rings is 1. The van der Waals surface area contributed by atoms with Gasteiger partial charge < -0.3 is 5.32 Å². The molecule has 3 nitrogen and oxygen atoms in total. The highest BCUT2D eigenvalue weighted by Crippen LogP contribution is 2.16. The molecule has 1 rings (SSSR count). The predicted octanol–water partition coefficient (Wildman–Crippen LogP) is 3.52. The molecule has 0 saturated heterocycles. The zero-order valence-corrected chi connectivity index (χ0v) is 11.6. The number of hydrogen-bond donors (Lipinski definition) is 1. The van der Waals surface area contributed by atoms with Gasteiger partial charge >= 0.3 is 0 Å². The molecule has 0 heterocycles. The van der Waals surface area contributed by atoms with E-state index in [2.05, 4.69) is 5.32 Å². The Balaban J connectivity index is 2.65. The molecule has 0 saturated carbocycles. The number of ketones is 1. The molecule has 0 unspecified atom stereocenters. The van der Waals surface area contributed by atoms with Gasteiger partial charge in [-0.05, 0) is 25.5 Å². The Kier molecular flexibility index (Phi) is 5.38. The normalized spacial score (nSPS) is 9.78. The summed E-state index contributed by atoms with van der Waals surface area (Å²) in [5.41, 5.74) is 2.75. The molecule has 0 spiro atoms. The Morgan fingerprint density at radius 1 is 1.28 bits per heavy atom. The monoisotopic (exact) mass is 285 g/mol. The summed E-state index contributed by atoms with van der Waals surface area (Å²) < 4.78 is -0.153. The van der Waals surface area contributed by atoms with Gasteiger partial charge in [0, 0.05) is 11.8 Å². The molecular formula is C13H13Cl2NO2. The molecule has 0 aromatic heterocycles. The van der Waals surface area contributed by atoms with Gasteiger partial charge in [0.25, 0.3) is 0 Å². The maximum absolute atomic E-state index is 11.6. The van der Waals surface area contributed by atoms with Crippen molar-refractivity contribution < 1.29 is 9.59 Å². The highest BCUT2D eigenvalue weighted by molar-refractivity contribution is 6.56. The fraction of sp³-hybridized carbons (Fsp3) is 0.231. The van der Waals surface area contributed by atoms with E-state index < -0.39 is 11.7 Å². The average molecular weight is 286 g/mol. The molecule has 0 fully saturated rings. The largest absolute Gasteiger partial charge is 0.325 e. The summed E-state index contributed by atoms with van der Waals surface area (Å²) in [5, 5.41) is 2.67. The van der Waals surface area contributed by atoms with Crippen LogP contribution in [-0.4, -0.2) is 11.7 Å². The third kappa shape index (κ3) is 4.90. The van der Waals surface area contributed by atoms with Crippen LogP contribution in [0.5, 0.6) is 0 Å². The minimum absolute atomic E-state index is 0.153. The van der Waals surface area contributed by atoms with Gasteiger partial charge in [-0.3, -0.25) is 9.59 Å². The van der Waals surface area contributed by atoms with Crippen LogP contribution in [-0.2, 0) is 9.59 Å². The summed E-state index contributed by atoms with van der Waals surface area (Å²) in [6.07, 6.45) is 0.737. The number of hydrogen-bond acceptors (Lipinski definition) is 2. The average Bonchev–Trinajstić information content (AvgIpc) is 2.20. The molecule has 1 N–H and O–H groups in total. The van der Waals surface area contributed by atoms with Gasteiger partial charge in [-0.2, -0.15) is 0 Å². The first-order valence-corrected chi connectivity index (χ1v) is 6.06.